The van der Waals surface area contributed by atoms with Crippen LogP contribution < -0.4 is 10.6 Å². The highest BCUT2D eigenvalue weighted by molar-refractivity contribution is 5.75. The highest BCUT2D eigenvalue weighted by atomic mass is 16.2. The van der Waals surface area contributed by atoms with E-state index in [9.17, 15) is 4.79 Å². The Morgan fingerprint density at radius 3 is 2.43 bits per heavy atom. The Bertz CT molecular complexity index is 548. The van der Waals surface area contributed by atoms with Crippen molar-refractivity contribution < 1.29 is 4.79 Å². The van der Waals surface area contributed by atoms with Crippen LogP contribution in [0, 0.1) is 0 Å². The number of likely N-dealkylation sites (tertiary alicyclic amines) is 1. The van der Waals surface area contributed by atoms with Gasteiger partial charge in [0.2, 0.25) is 0 Å². The Morgan fingerprint density at radius 1 is 1.22 bits per heavy atom. The third-order valence-electron chi connectivity index (χ3n) is 4.79. The van der Waals surface area contributed by atoms with Crippen molar-refractivity contribution in [2.24, 2.45) is 0 Å². The first-order valence-corrected chi connectivity index (χ1v) is 8.50. The topological polar surface area (TPSA) is 57.3 Å². The Hall–Kier alpha value is -1.62. The number of rotatable bonds is 2. The van der Waals surface area contributed by atoms with Crippen molar-refractivity contribution in [1.29, 1.82) is 0 Å². The Morgan fingerprint density at radius 2 is 1.87 bits per heavy atom. The van der Waals surface area contributed by atoms with Gasteiger partial charge in [-0.25, -0.2) is 4.79 Å². The minimum Gasteiger partial charge on any atom is -0.335 e. The van der Waals surface area contributed by atoms with Crippen molar-refractivity contribution in [3.05, 3.63) is 30.1 Å². The molecule has 126 valence electrons. The zero-order valence-corrected chi connectivity index (χ0v) is 14.6. The number of amides is 2. The average molecular weight is 316 g/mol. The molecule has 3 heterocycles. The van der Waals surface area contributed by atoms with Crippen LogP contribution in [0.3, 0.4) is 0 Å². The summed E-state index contributed by atoms with van der Waals surface area (Å²) in [4.78, 5) is 18.7. The highest BCUT2D eigenvalue weighted by Crippen LogP contribution is 2.30. The van der Waals surface area contributed by atoms with Gasteiger partial charge in [0.1, 0.15) is 0 Å². The Kier molecular flexibility index (Phi) is 4.08. The van der Waals surface area contributed by atoms with Crippen molar-refractivity contribution in [3.63, 3.8) is 0 Å². The molecule has 2 amide bonds. The molecule has 1 aromatic heterocycles. The predicted molar refractivity (Wildman–Crippen MR) is 91.4 cm³/mol. The van der Waals surface area contributed by atoms with Crippen molar-refractivity contribution in [2.75, 3.05) is 13.1 Å². The summed E-state index contributed by atoms with van der Waals surface area (Å²) in [5.41, 5.74) is 1.18. The monoisotopic (exact) mass is 316 g/mol. The second-order valence-corrected chi connectivity index (χ2v) is 8.30. The summed E-state index contributed by atoms with van der Waals surface area (Å²) in [7, 11) is 0. The van der Waals surface area contributed by atoms with Crippen molar-refractivity contribution in [3.8, 4) is 0 Å². The number of urea groups is 1. The molecule has 23 heavy (non-hydrogen) atoms. The normalized spacial score (nSPS) is 24.1. The molecule has 0 spiro atoms. The molecule has 5 heteroatoms. The summed E-state index contributed by atoms with van der Waals surface area (Å²) >= 11 is 0. The molecule has 0 radical (unpaired) electrons. The van der Waals surface area contributed by atoms with E-state index in [1.165, 1.54) is 0 Å². The van der Waals surface area contributed by atoms with Gasteiger partial charge in [-0.05, 0) is 52.7 Å². The molecule has 5 nitrogen and oxygen atoms in total. The molecule has 2 aliphatic heterocycles. The number of aromatic nitrogens is 1. The van der Waals surface area contributed by atoms with E-state index >= 15 is 0 Å². The number of nitrogens with one attached hydrogen (secondary N) is 2. The van der Waals surface area contributed by atoms with Crippen LogP contribution >= 0.6 is 0 Å². The summed E-state index contributed by atoms with van der Waals surface area (Å²) in [5.74, 6) is 0.378. The molecule has 0 aromatic carbocycles. The molecule has 0 bridgehead atoms. The van der Waals surface area contributed by atoms with Crippen molar-refractivity contribution in [1.82, 2.24) is 20.5 Å². The second-order valence-electron chi connectivity index (χ2n) is 8.30. The molecular formula is C18H28N4O. The maximum absolute atomic E-state index is 12.5. The van der Waals surface area contributed by atoms with Crippen LogP contribution in [0.5, 0.6) is 0 Å². The highest BCUT2D eigenvalue weighted by Gasteiger charge is 2.40. The lowest BCUT2D eigenvalue weighted by molar-refractivity contribution is 0.121. The van der Waals surface area contributed by atoms with E-state index in [2.05, 4.69) is 43.3 Å². The number of carbonyl (C=O) groups is 1. The van der Waals surface area contributed by atoms with Gasteiger partial charge in [0.15, 0.2) is 0 Å². The number of hydrogen-bond donors (Lipinski definition) is 2. The zero-order chi connectivity index (χ0) is 16.7. The van der Waals surface area contributed by atoms with Crippen molar-refractivity contribution in [2.45, 2.75) is 63.6 Å². The maximum Gasteiger partial charge on any atom is 0.317 e. The van der Waals surface area contributed by atoms with Gasteiger partial charge in [0, 0.05) is 48.0 Å². The summed E-state index contributed by atoms with van der Waals surface area (Å²) in [6.07, 6.45) is 3.73. The summed E-state index contributed by atoms with van der Waals surface area (Å²) in [6.45, 7) is 10.3. The van der Waals surface area contributed by atoms with E-state index in [1.807, 2.05) is 29.3 Å². The minimum atomic E-state index is 0.0468. The fourth-order valence-corrected chi connectivity index (χ4v) is 4.14. The number of carbonyl (C=O) groups excluding carboxylic acids is 1. The summed E-state index contributed by atoms with van der Waals surface area (Å²) in [5, 5.41) is 6.88. The van der Waals surface area contributed by atoms with Crippen LogP contribution in [-0.2, 0) is 0 Å². The molecule has 0 atom stereocenters. The molecule has 3 rings (SSSR count). The molecule has 1 aromatic rings. The smallest absolute Gasteiger partial charge is 0.317 e. The standard InChI is InChI=1S/C18H28N4O/c1-17(2)9-14(10-18(3,4)21-17)20-16(23)22-11-13(12-22)15-7-5-6-8-19-15/h5-8,13-14,21H,9-12H2,1-4H3,(H,20,23). The van der Waals surface area contributed by atoms with Crippen molar-refractivity contribution >= 4 is 6.03 Å². The van der Waals surface area contributed by atoms with Gasteiger partial charge in [0.05, 0.1) is 0 Å². The second kappa shape index (κ2) is 5.78. The molecule has 0 unspecified atom stereocenters. The number of hydrogen-bond acceptors (Lipinski definition) is 3. The molecule has 0 saturated carbocycles. The minimum absolute atomic E-state index is 0.0468. The van der Waals surface area contributed by atoms with Gasteiger partial charge in [-0.1, -0.05) is 6.07 Å². The van der Waals surface area contributed by atoms with Gasteiger partial charge in [-0.15, -0.1) is 0 Å². The summed E-state index contributed by atoms with van der Waals surface area (Å²) in [6, 6.07) is 6.26. The SMILES string of the molecule is CC1(C)CC(NC(=O)N2CC(c3ccccn3)C2)CC(C)(C)N1. The van der Waals surface area contributed by atoms with Gasteiger partial charge in [0.25, 0.3) is 0 Å². The number of piperidine rings is 1. The zero-order valence-electron chi connectivity index (χ0n) is 14.6. The first kappa shape index (κ1) is 16.2. The molecule has 2 fully saturated rings. The van der Waals surface area contributed by atoms with E-state index in [0.29, 0.717) is 5.92 Å². The van der Waals surface area contributed by atoms with E-state index in [4.69, 9.17) is 0 Å². The number of pyridine rings is 1. The van der Waals surface area contributed by atoms with Crippen LogP contribution in [0.1, 0.15) is 52.1 Å². The van der Waals surface area contributed by atoms with E-state index in [0.717, 1.165) is 31.6 Å². The molecule has 2 N–H and O–H groups in total. The first-order valence-electron chi connectivity index (χ1n) is 8.50. The van der Waals surface area contributed by atoms with E-state index in [1.54, 1.807) is 0 Å². The van der Waals surface area contributed by atoms with Crippen LogP contribution in [0.2, 0.25) is 0 Å². The molecule has 0 aliphatic carbocycles. The summed E-state index contributed by atoms with van der Waals surface area (Å²) < 4.78 is 0. The molecular weight excluding hydrogens is 288 g/mol. The van der Waals surface area contributed by atoms with Crippen LogP contribution in [-0.4, -0.2) is 46.1 Å². The van der Waals surface area contributed by atoms with Gasteiger partial charge >= 0.3 is 6.03 Å². The van der Waals surface area contributed by atoms with E-state index in [-0.39, 0.29) is 23.2 Å². The van der Waals surface area contributed by atoms with Gasteiger partial charge in [-0.3, -0.25) is 4.98 Å². The van der Waals surface area contributed by atoms with E-state index < -0.39 is 0 Å². The largest absolute Gasteiger partial charge is 0.335 e. The maximum atomic E-state index is 12.5. The van der Waals surface area contributed by atoms with Gasteiger partial charge < -0.3 is 15.5 Å². The average Bonchev–Trinajstić information content (AvgIpc) is 2.34. The van der Waals surface area contributed by atoms with Crippen LogP contribution in [0.15, 0.2) is 24.4 Å². The first-order chi connectivity index (χ1) is 10.7. The molecule has 2 saturated heterocycles. The quantitative estimate of drug-likeness (QED) is 0.881. The lowest BCUT2D eigenvalue weighted by Gasteiger charge is -2.47. The number of nitrogens with zero attached hydrogens (tertiary/aromatic N) is 2. The predicted octanol–water partition coefficient (Wildman–Crippen LogP) is 2.50. The molecule has 2 aliphatic rings. The third-order valence-corrected chi connectivity index (χ3v) is 4.79. The van der Waals surface area contributed by atoms with Crippen LogP contribution in [0.4, 0.5) is 4.79 Å². The fraction of sp³-hybridized carbons (Fsp3) is 0.667. The lowest BCUT2D eigenvalue weighted by atomic mass is 9.79. The fourth-order valence-electron chi connectivity index (χ4n) is 4.14. The third kappa shape index (κ3) is 3.83. The Labute approximate surface area is 138 Å². The van der Waals surface area contributed by atoms with Crippen LogP contribution in [0.25, 0.3) is 0 Å². The Balaban J connectivity index is 1.53. The van der Waals surface area contributed by atoms with Gasteiger partial charge in [-0.2, -0.15) is 0 Å². The lowest BCUT2D eigenvalue weighted by Crippen LogP contribution is -2.64.